The van der Waals surface area contributed by atoms with E-state index in [1.807, 2.05) is 0 Å². The Labute approximate surface area is 116 Å². The van der Waals surface area contributed by atoms with E-state index < -0.39 is 0 Å². The number of ether oxygens (including phenoxy) is 1. The van der Waals surface area contributed by atoms with Crippen LogP contribution in [0.4, 0.5) is 0 Å². The highest BCUT2D eigenvalue weighted by molar-refractivity contribution is 7.10. The Bertz CT molecular complexity index is 499. The van der Waals surface area contributed by atoms with E-state index >= 15 is 0 Å². The van der Waals surface area contributed by atoms with Crippen molar-refractivity contribution in [1.82, 2.24) is 5.32 Å². The van der Waals surface area contributed by atoms with E-state index in [-0.39, 0.29) is 24.8 Å². The first-order valence-corrected chi connectivity index (χ1v) is 6.76. The molecule has 5 nitrogen and oxygen atoms in total. The summed E-state index contributed by atoms with van der Waals surface area (Å²) < 4.78 is 4.76. The van der Waals surface area contributed by atoms with E-state index in [2.05, 4.69) is 17.2 Å². The van der Waals surface area contributed by atoms with Crippen LogP contribution in [0.25, 0.3) is 0 Å². The standard InChI is InChI=1S/C13H16N2O3S/c1-2-18-12(16)5-7-15-13(17)10-8-11(19-9-10)4-3-6-14/h8-9H,2,5-7,14H2,1H3,(H,15,17). The number of nitrogens with one attached hydrogen (secondary N) is 1. The monoisotopic (exact) mass is 280 g/mol. The quantitative estimate of drug-likeness (QED) is 0.616. The van der Waals surface area contributed by atoms with Gasteiger partial charge in [0.05, 0.1) is 30.0 Å². The molecule has 0 saturated carbocycles. The summed E-state index contributed by atoms with van der Waals surface area (Å²) in [5.41, 5.74) is 5.81. The van der Waals surface area contributed by atoms with Gasteiger partial charge in [-0.15, -0.1) is 11.3 Å². The molecule has 0 unspecified atom stereocenters. The largest absolute Gasteiger partial charge is 0.466 e. The maximum absolute atomic E-state index is 11.7. The second kappa shape index (κ2) is 8.29. The van der Waals surface area contributed by atoms with Crippen LogP contribution >= 0.6 is 11.3 Å². The van der Waals surface area contributed by atoms with E-state index in [1.165, 1.54) is 11.3 Å². The number of rotatable bonds is 5. The third kappa shape index (κ3) is 5.55. The smallest absolute Gasteiger partial charge is 0.307 e. The molecule has 102 valence electrons. The van der Waals surface area contributed by atoms with Crippen molar-refractivity contribution >= 4 is 23.2 Å². The van der Waals surface area contributed by atoms with Crippen LogP contribution in [0.15, 0.2) is 11.4 Å². The van der Waals surface area contributed by atoms with Crippen LogP contribution in [0.2, 0.25) is 0 Å². The predicted molar refractivity (Wildman–Crippen MR) is 73.8 cm³/mol. The predicted octanol–water partition coefficient (Wildman–Crippen LogP) is 0.741. The van der Waals surface area contributed by atoms with Crippen molar-refractivity contribution in [1.29, 1.82) is 0 Å². The van der Waals surface area contributed by atoms with Crippen LogP contribution in [-0.4, -0.2) is 31.6 Å². The molecule has 1 aromatic heterocycles. The maximum Gasteiger partial charge on any atom is 0.307 e. The zero-order valence-corrected chi connectivity index (χ0v) is 11.5. The Balaban J connectivity index is 2.41. The normalized spacial score (nSPS) is 9.37. The van der Waals surface area contributed by atoms with E-state index in [0.717, 1.165) is 4.88 Å². The molecule has 0 fully saturated rings. The van der Waals surface area contributed by atoms with E-state index in [1.54, 1.807) is 18.4 Å². The number of esters is 1. The number of hydrogen-bond donors (Lipinski definition) is 2. The van der Waals surface area contributed by atoms with Gasteiger partial charge >= 0.3 is 5.97 Å². The van der Waals surface area contributed by atoms with Crippen LogP contribution in [0.5, 0.6) is 0 Å². The fraction of sp³-hybridized carbons (Fsp3) is 0.385. The van der Waals surface area contributed by atoms with Gasteiger partial charge in [0.15, 0.2) is 0 Å². The Hall–Kier alpha value is -1.84. The van der Waals surface area contributed by atoms with Gasteiger partial charge in [0.2, 0.25) is 0 Å². The van der Waals surface area contributed by atoms with Crippen LogP contribution < -0.4 is 11.1 Å². The van der Waals surface area contributed by atoms with E-state index in [4.69, 9.17) is 10.5 Å². The minimum Gasteiger partial charge on any atom is -0.466 e. The number of carbonyl (C=O) groups is 2. The summed E-state index contributed by atoms with van der Waals surface area (Å²) in [5.74, 6) is 5.05. The first kappa shape index (κ1) is 15.2. The van der Waals surface area contributed by atoms with Crippen molar-refractivity contribution in [2.75, 3.05) is 19.7 Å². The molecule has 0 bridgehead atoms. The topological polar surface area (TPSA) is 81.4 Å². The summed E-state index contributed by atoms with van der Waals surface area (Å²) in [4.78, 5) is 23.6. The van der Waals surface area contributed by atoms with E-state index in [9.17, 15) is 9.59 Å². The van der Waals surface area contributed by atoms with Crippen LogP contribution in [0.3, 0.4) is 0 Å². The van der Waals surface area contributed by atoms with Gasteiger partial charge in [0, 0.05) is 11.9 Å². The first-order chi connectivity index (χ1) is 9.17. The van der Waals surface area contributed by atoms with Crippen molar-refractivity contribution in [3.05, 3.63) is 21.9 Å². The lowest BCUT2D eigenvalue weighted by Crippen LogP contribution is -2.26. The molecule has 1 aromatic rings. The Kier molecular flexibility index (Phi) is 6.64. The molecule has 0 aliphatic rings. The van der Waals surface area contributed by atoms with Gasteiger partial charge in [-0.1, -0.05) is 11.8 Å². The van der Waals surface area contributed by atoms with Crippen LogP contribution in [0.1, 0.15) is 28.6 Å². The number of thiophene rings is 1. The molecular formula is C13H16N2O3S. The van der Waals surface area contributed by atoms with Crippen molar-refractivity contribution in [3.8, 4) is 11.8 Å². The molecule has 0 saturated heterocycles. The zero-order valence-electron chi connectivity index (χ0n) is 10.7. The second-order valence-electron chi connectivity index (χ2n) is 3.52. The molecule has 0 aromatic carbocycles. The summed E-state index contributed by atoms with van der Waals surface area (Å²) in [6.45, 7) is 2.64. The molecule has 0 atom stereocenters. The summed E-state index contributed by atoms with van der Waals surface area (Å²) >= 11 is 1.38. The number of nitrogens with two attached hydrogens (primary N) is 1. The van der Waals surface area contributed by atoms with Gasteiger partial charge in [0.25, 0.3) is 5.91 Å². The highest BCUT2D eigenvalue weighted by Crippen LogP contribution is 2.13. The van der Waals surface area contributed by atoms with Gasteiger partial charge in [0.1, 0.15) is 0 Å². The summed E-state index contributed by atoms with van der Waals surface area (Å²) in [6, 6.07) is 1.70. The lowest BCUT2D eigenvalue weighted by Gasteiger charge is -2.03. The van der Waals surface area contributed by atoms with Gasteiger partial charge in [-0.25, -0.2) is 0 Å². The van der Waals surface area contributed by atoms with Crippen molar-refractivity contribution in [3.63, 3.8) is 0 Å². The van der Waals surface area contributed by atoms with Crippen molar-refractivity contribution in [2.45, 2.75) is 13.3 Å². The Morgan fingerprint density at radius 3 is 3.00 bits per heavy atom. The number of carbonyl (C=O) groups excluding carboxylic acids is 2. The lowest BCUT2D eigenvalue weighted by molar-refractivity contribution is -0.142. The molecule has 0 aliphatic heterocycles. The second-order valence-corrected chi connectivity index (χ2v) is 4.43. The molecule has 19 heavy (non-hydrogen) atoms. The summed E-state index contributed by atoms with van der Waals surface area (Å²) in [5, 5.41) is 4.37. The molecule has 1 heterocycles. The van der Waals surface area contributed by atoms with Gasteiger partial charge in [-0.3, -0.25) is 9.59 Å². The average Bonchev–Trinajstić information content (AvgIpc) is 2.85. The van der Waals surface area contributed by atoms with Gasteiger partial charge in [-0.2, -0.15) is 0 Å². The van der Waals surface area contributed by atoms with Gasteiger partial charge in [-0.05, 0) is 13.0 Å². The highest BCUT2D eigenvalue weighted by Gasteiger charge is 2.08. The third-order valence-corrected chi connectivity index (χ3v) is 2.94. The van der Waals surface area contributed by atoms with Crippen molar-refractivity contribution < 1.29 is 14.3 Å². The maximum atomic E-state index is 11.7. The van der Waals surface area contributed by atoms with Crippen LogP contribution in [0, 0.1) is 11.8 Å². The molecule has 6 heteroatoms. The Morgan fingerprint density at radius 1 is 1.53 bits per heavy atom. The average molecular weight is 280 g/mol. The molecule has 1 rings (SSSR count). The molecular weight excluding hydrogens is 264 g/mol. The molecule has 3 N–H and O–H groups in total. The van der Waals surface area contributed by atoms with Crippen LogP contribution in [-0.2, 0) is 9.53 Å². The molecule has 1 amide bonds. The minimum absolute atomic E-state index is 0.170. The summed E-state index contributed by atoms with van der Waals surface area (Å²) in [7, 11) is 0. The fourth-order valence-corrected chi connectivity index (χ4v) is 2.03. The van der Waals surface area contributed by atoms with E-state index in [0.29, 0.717) is 18.7 Å². The highest BCUT2D eigenvalue weighted by atomic mass is 32.1. The fourth-order valence-electron chi connectivity index (χ4n) is 1.27. The number of hydrogen-bond acceptors (Lipinski definition) is 5. The zero-order chi connectivity index (χ0) is 14.1. The SMILES string of the molecule is CCOC(=O)CCNC(=O)c1csc(C#CCN)c1. The van der Waals surface area contributed by atoms with Crippen molar-refractivity contribution in [2.24, 2.45) is 5.73 Å². The summed E-state index contributed by atoms with van der Waals surface area (Å²) in [6.07, 6.45) is 0.170. The lowest BCUT2D eigenvalue weighted by atomic mass is 10.3. The number of amides is 1. The Morgan fingerprint density at radius 2 is 2.32 bits per heavy atom. The first-order valence-electron chi connectivity index (χ1n) is 5.88. The minimum atomic E-state index is -0.317. The van der Waals surface area contributed by atoms with Gasteiger partial charge < -0.3 is 15.8 Å². The molecule has 0 aliphatic carbocycles. The molecule has 0 spiro atoms. The third-order valence-electron chi connectivity index (χ3n) is 2.10. The molecule has 0 radical (unpaired) electrons.